The zero-order valence-electron chi connectivity index (χ0n) is 36.8. The standard InChI is InChI=1S/C49H71NO6/c1-35(24-26-41-39(5)22-16-30-48(41,10)11)18-14-20-37(3)28-32-54-44(51)34-43(50-46(53)56-47(7,8)9)45(52)55-33-29-38(4)21-15-19-36(2)25-27-42-40(6)23-17-31-49(42,12)13/h14-15,18-21,24-29,43H,16-17,22-23,30-34H2,1-13H3,(H,50,53)/b20-14+,21-15+,26-24+,27-25+,35-18+,36-19+,37-28+,38-29+/t43-/m0/s1. The van der Waals surface area contributed by atoms with E-state index in [4.69, 9.17) is 14.2 Å². The number of rotatable bonds is 16. The van der Waals surface area contributed by atoms with Gasteiger partial charge in [0.05, 0.1) is 6.42 Å². The maximum absolute atomic E-state index is 13.1. The molecule has 56 heavy (non-hydrogen) atoms. The van der Waals surface area contributed by atoms with Gasteiger partial charge in [-0.05, 0) is 135 Å². The smallest absolute Gasteiger partial charge is 0.408 e. The van der Waals surface area contributed by atoms with E-state index in [0.717, 1.165) is 35.1 Å². The summed E-state index contributed by atoms with van der Waals surface area (Å²) < 4.78 is 16.2. The van der Waals surface area contributed by atoms with Gasteiger partial charge < -0.3 is 19.5 Å². The molecule has 0 saturated heterocycles. The number of ether oxygens (including phenoxy) is 3. The number of hydrogen-bond donors (Lipinski definition) is 1. The lowest BCUT2D eigenvalue weighted by atomic mass is 9.72. The van der Waals surface area contributed by atoms with Gasteiger partial charge in [0, 0.05) is 0 Å². The molecular formula is C49H71NO6. The minimum Gasteiger partial charge on any atom is -0.461 e. The van der Waals surface area contributed by atoms with E-state index in [1.54, 1.807) is 32.9 Å². The van der Waals surface area contributed by atoms with E-state index >= 15 is 0 Å². The van der Waals surface area contributed by atoms with Gasteiger partial charge in [0.15, 0.2) is 0 Å². The van der Waals surface area contributed by atoms with Crippen LogP contribution in [0.5, 0.6) is 0 Å². The maximum atomic E-state index is 13.1. The number of hydrogen-bond acceptors (Lipinski definition) is 6. The molecular weight excluding hydrogens is 699 g/mol. The minimum atomic E-state index is -1.28. The highest BCUT2D eigenvalue weighted by Crippen LogP contribution is 2.41. The van der Waals surface area contributed by atoms with Gasteiger partial charge in [-0.25, -0.2) is 9.59 Å². The van der Waals surface area contributed by atoms with Gasteiger partial charge in [0.25, 0.3) is 0 Å². The van der Waals surface area contributed by atoms with Crippen LogP contribution in [0.2, 0.25) is 0 Å². The second kappa shape index (κ2) is 22.4. The first-order valence-corrected chi connectivity index (χ1v) is 20.2. The molecule has 0 radical (unpaired) electrons. The summed E-state index contributed by atoms with van der Waals surface area (Å²) in [7, 11) is 0. The number of alkyl carbamates (subject to hydrolysis) is 1. The van der Waals surface area contributed by atoms with Gasteiger partial charge in [-0.3, -0.25) is 4.79 Å². The number of nitrogens with one attached hydrogen (secondary N) is 1. The molecule has 7 heteroatoms. The molecule has 0 aromatic heterocycles. The molecule has 0 fully saturated rings. The summed E-state index contributed by atoms with van der Waals surface area (Å²) in [5, 5.41) is 2.48. The lowest BCUT2D eigenvalue weighted by Gasteiger charge is -2.33. The van der Waals surface area contributed by atoms with Crippen LogP contribution in [0.15, 0.2) is 117 Å². The normalized spacial score (nSPS) is 19.4. The fraction of sp³-hybridized carbons (Fsp3) is 0.531. The Kier molecular flexibility index (Phi) is 19.1. The summed E-state index contributed by atoms with van der Waals surface area (Å²) in [5.74, 6) is -1.42. The van der Waals surface area contributed by atoms with Crippen LogP contribution < -0.4 is 5.32 Å². The minimum absolute atomic E-state index is 0.0157. The third-order valence-corrected chi connectivity index (χ3v) is 10.2. The van der Waals surface area contributed by atoms with E-state index in [0.29, 0.717) is 0 Å². The topological polar surface area (TPSA) is 90.9 Å². The lowest BCUT2D eigenvalue weighted by Crippen LogP contribution is -2.45. The Morgan fingerprint density at radius 1 is 0.696 bits per heavy atom. The molecule has 2 aliphatic rings. The second-order valence-corrected chi connectivity index (χ2v) is 17.7. The molecule has 0 spiro atoms. The molecule has 0 aromatic carbocycles. The van der Waals surface area contributed by atoms with E-state index in [2.05, 4.69) is 85.0 Å². The van der Waals surface area contributed by atoms with E-state index in [1.807, 2.05) is 50.3 Å². The van der Waals surface area contributed by atoms with Crippen LogP contribution in [0.3, 0.4) is 0 Å². The fourth-order valence-electron chi connectivity index (χ4n) is 6.89. The van der Waals surface area contributed by atoms with Gasteiger partial charge in [-0.1, -0.05) is 122 Å². The van der Waals surface area contributed by atoms with Gasteiger partial charge in [-0.15, -0.1) is 0 Å². The largest absolute Gasteiger partial charge is 0.461 e. The summed E-state index contributed by atoms with van der Waals surface area (Å²) in [6.07, 6.45) is 30.2. The van der Waals surface area contributed by atoms with Gasteiger partial charge in [0.2, 0.25) is 0 Å². The zero-order valence-corrected chi connectivity index (χ0v) is 36.8. The summed E-state index contributed by atoms with van der Waals surface area (Å²) >= 11 is 0. The van der Waals surface area contributed by atoms with Crippen LogP contribution in [0.1, 0.15) is 135 Å². The first kappa shape index (κ1) is 47.8. The Labute approximate surface area is 339 Å². The van der Waals surface area contributed by atoms with Crippen molar-refractivity contribution in [2.24, 2.45) is 10.8 Å². The highest BCUT2D eigenvalue weighted by atomic mass is 16.6. The van der Waals surface area contributed by atoms with Crippen molar-refractivity contribution in [3.05, 3.63) is 117 Å². The zero-order chi connectivity index (χ0) is 42.1. The van der Waals surface area contributed by atoms with Crippen LogP contribution in [0.4, 0.5) is 4.79 Å². The molecule has 2 aliphatic carbocycles. The average molecular weight is 770 g/mol. The van der Waals surface area contributed by atoms with Crippen LogP contribution >= 0.6 is 0 Å². The number of carbonyl (C=O) groups is 3. The molecule has 2 rings (SSSR count). The third kappa shape index (κ3) is 18.0. The van der Waals surface area contributed by atoms with E-state index in [1.165, 1.54) is 48.0 Å². The molecule has 1 atom stereocenters. The molecule has 308 valence electrons. The first-order valence-electron chi connectivity index (χ1n) is 20.2. The van der Waals surface area contributed by atoms with E-state index < -0.39 is 36.1 Å². The highest BCUT2D eigenvalue weighted by molar-refractivity contribution is 5.86. The van der Waals surface area contributed by atoms with E-state index in [9.17, 15) is 14.4 Å². The third-order valence-electron chi connectivity index (χ3n) is 10.2. The Morgan fingerprint density at radius 2 is 1.14 bits per heavy atom. The second-order valence-electron chi connectivity index (χ2n) is 17.7. The van der Waals surface area contributed by atoms with Crippen molar-refractivity contribution in [3.63, 3.8) is 0 Å². The Balaban J connectivity index is 1.96. The van der Waals surface area contributed by atoms with Crippen molar-refractivity contribution in [2.75, 3.05) is 13.2 Å². The number of carbonyl (C=O) groups excluding carboxylic acids is 3. The monoisotopic (exact) mass is 770 g/mol. The SMILES string of the molecule is CC1=C(/C=C/C(C)=C/C=C/C(C)=C/COC(=O)C[C@H](NC(=O)OC(C)(C)C)C(=O)OC/C=C(C)/C=C/C=C(C)/C=C/C2=C(C)CCCC2(C)C)C(C)(C)CCC1. The molecule has 0 heterocycles. The maximum Gasteiger partial charge on any atom is 0.408 e. The predicted molar refractivity (Wildman–Crippen MR) is 232 cm³/mol. The van der Waals surface area contributed by atoms with E-state index in [-0.39, 0.29) is 24.0 Å². The molecule has 0 saturated carbocycles. The van der Waals surface area contributed by atoms with Crippen molar-refractivity contribution in [2.45, 2.75) is 147 Å². The number of amides is 1. The number of esters is 2. The molecule has 0 aliphatic heterocycles. The molecule has 0 aromatic rings. The van der Waals surface area contributed by atoms with Crippen molar-refractivity contribution >= 4 is 18.0 Å². The van der Waals surface area contributed by atoms with Crippen LogP contribution in [-0.2, 0) is 23.8 Å². The van der Waals surface area contributed by atoms with Crippen LogP contribution in [0, 0.1) is 10.8 Å². The van der Waals surface area contributed by atoms with Gasteiger partial charge in [0.1, 0.15) is 24.9 Å². The predicted octanol–water partition coefficient (Wildman–Crippen LogP) is 12.4. The molecule has 1 amide bonds. The average Bonchev–Trinajstić information content (AvgIpc) is 3.06. The van der Waals surface area contributed by atoms with Crippen LogP contribution in [-0.4, -0.2) is 42.9 Å². The Bertz CT molecular complexity index is 1710. The fourth-order valence-corrected chi connectivity index (χ4v) is 6.89. The lowest BCUT2D eigenvalue weighted by molar-refractivity contribution is -0.151. The quantitative estimate of drug-likeness (QED) is 0.0955. The summed E-state index contributed by atoms with van der Waals surface area (Å²) in [5.41, 5.74) is 9.47. The molecule has 1 N–H and O–H groups in total. The number of allylic oxidation sites excluding steroid dienone is 18. The Hall–Kier alpha value is -4.39. The van der Waals surface area contributed by atoms with Crippen molar-refractivity contribution < 1.29 is 28.6 Å². The van der Waals surface area contributed by atoms with Gasteiger partial charge >= 0.3 is 18.0 Å². The molecule has 0 unspecified atom stereocenters. The van der Waals surface area contributed by atoms with Gasteiger partial charge in [-0.2, -0.15) is 0 Å². The molecule has 7 nitrogen and oxygen atoms in total. The van der Waals surface area contributed by atoms with Crippen LogP contribution in [0.25, 0.3) is 0 Å². The summed E-state index contributed by atoms with van der Waals surface area (Å²) in [6.45, 7) is 26.8. The summed E-state index contributed by atoms with van der Waals surface area (Å²) in [6, 6.07) is -1.28. The highest BCUT2D eigenvalue weighted by Gasteiger charge is 2.29. The first-order chi connectivity index (χ1) is 26.1. The summed E-state index contributed by atoms with van der Waals surface area (Å²) in [4.78, 5) is 38.4. The van der Waals surface area contributed by atoms with Crippen molar-refractivity contribution in [3.8, 4) is 0 Å². The van der Waals surface area contributed by atoms with Crippen molar-refractivity contribution in [1.29, 1.82) is 0 Å². The molecule has 0 bridgehead atoms. The Morgan fingerprint density at radius 3 is 1.57 bits per heavy atom. The van der Waals surface area contributed by atoms with Crippen molar-refractivity contribution in [1.82, 2.24) is 5.32 Å².